The average molecular weight is 640 g/mol. The topological polar surface area (TPSA) is 177 Å². The molecule has 0 aromatic heterocycles. The van der Waals surface area contributed by atoms with E-state index in [4.69, 9.17) is 20.3 Å². The predicted octanol–water partition coefficient (Wildman–Crippen LogP) is 4.09. The third-order valence-electron chi connectivity index (χ3n) is 7.53. The number of rotatable bonds is 14. The van der Waals surface area contributed by atoms with Crippen LogP contribution in [0.15, 0.2) is 66.7 Å². The van der Waals surface area contributed by atoms with Crippen molar-refractivity contribution in [3.63, 3.8) is 0 Å². The number of benzene rings is 3. The van der Waals surface area contributed by atoms with Gasteiger partial charge in [-0.25, -0.2) is 17.9 Å². The van der Waals surface area contributed by atoms with Crippen LogP contribution in [0.4, 0.5) is 10.5 Å². The van der Waals surface area contributed by atoms with Crippen molar-refractivity contribution in [3.05, 3.63) is 83.4 Å². The van der Waals surface area contributed by atoms with Crippen LogP contribution >= 0.6 is 0 Å². The van der Waals surface area contributed by atoms with E-state index in [-0.39, 0.29) is 37.1 Å². The molecule has 1 saturated carbocycles. The molecule has 45 heavy (non-hydrogen) atoms. The number of hydrogen-bond acceptors (Lipinski definition) is 9. The van der Waals surface area contributed by atoms with Crippen LogP contribution in [0.2, 0.25) is 0 Å². The number of nitrogens with two attached hydrogens (primary N) is 1. The van der Waals surface area contributed by atoms with Crippen molar-refractivity contribution in [1.29, 1.82) is 0 Å². The molecular weight excluding hydrogens is 598 g/mol. The number of amides is 2. The van der Waals surface area contributed by atoms with Gasteiger partial charge in [-0.1, -0.05) is 48.9 Å². The molecule has 0 aliphatic heterocycles. The minimum Gasteiger partial charge on any atom is -0.490 e. The lowest BCUT2D eigenvalue weighted by Gasteiger charge is -2.24. The lowest BCUT2D eigenvalue weighted by atomic mass is 9.97. The van der Waals surface area contributed by atoms with E-state index in [9.17, 15) is 23.1 Å². The Kier molecular flexibility index (Phi) is 12.2. The van der Waals surface area contributed by atoms with Crippen molar-refractivity contribution in [1.82, 2.24) is 10.0 Å². The third kappa shape index (κ3) is 10.5. The summed E-state index contributed by atoms with van der Waals surface area (Å²) in [5.74, 6) is -0.810. The highest BCUT2D eigenvalue weighted by atomic mass is 32.2. The minimum atomic E-state index is -3.91. The van der Waals surface area contributed by atoms with Crippen LogP contribution in [0.25, 0.3) is 11.1 Å². The van der Waals surface area contributed by atoms with Gasteiger partial charge in [0, 0.05) is 18.8 Å². The van der Waals surface area contributed by atoms with E-state index in [0.29, 0.717) is 30.0 Å². The first-order chi connectivity index (χ1) is 21.6. The fraction of sp³-hybridized carbons (Fsp3) is 0.394. The predicted molar refractivity (Wildman–Crippen MR) is 171 cm³/mol. The molecule has 0 spiro atoms. The monoisotopic (exact) mass is 639 g/mol. The van der Waals surface area contributed by atoms with Crippen molar-refractivity contribution in [2.24, 2.45) is 0 Å². The molecule has 6 N–H and O–H groups in total. The molecule has 1 fully saturated rings. The molecule has 1 atom stereocenters. The highest BCUT2D eigenvalue weighted by molar-refractivity contribution is 7.90. The number of anilines is 1. The van der Waals surface area contributed by atoms with Crippen LogP contribution in [0, 0.1) is 0 Å². The van der Waals surface area contributed by atoms with Gasteiger partial charge in [0.05, 0.1) is 17.4 Å². The number of nitrogen functional groups attached to an aromatic ring is 1. The van der Waals surface area contributed by atoms with Gasteiger partial charge in [0.1, 0.15) is 18.5 Å². The lowest BCUT2D eigenvalue weighted by molar-refractivity contribution is 0.0682. The van der Waals surface area contributed by atoms with Gasteiger partial charge in [-0.05, 0) is 85.0 Å². The standard InChI is InChI=1S/C33H41N3O8S/c34-27-7-4-6-26(20-27)30(38)22-43-33(40)35-17-16-23-10-12-24(13-11-23)25-14-15-29(32(39)36-45(41,42)19-5-18-37)31(21-25)44-28-8-2-1-3-9-28/h4,6-7,10-15,20-21,28,30,37-38H,1-3,5,8-9,16-19,22,34H2,(H,35,40)(H,36,39)/t30-/m0/s1. The van der Waals surface area contributed by atoms with Crippen molar-refractivity contribution < 1.29 is 37.7 Å². The van der Waals surface area contributed by atoms with Crippen LogP contribution in [0.1, 0.15) is 66.1 Å². The van der Waals surface area contributed by atoms with Gasteiger partial charge in [-0.3, -0.25) is 4.79 Å². The number of carbonyl (C=O) groups is 2. The molecule has 3 aromatic carbocycles. The summed E-state index contributed by atoms with van der Waals surface area (Å²) < 4.78 is 38.1. The maximum Gasteiger partial charge on any atom is 0.407 e. The summed E-state index contributed by atoms with van der Waals surface area (Å²) in [4.78, 5) is 25.1. The Morgan fingerprint density at radius 1 is 0.978 bits per heavy atom. The Morgan fingerprint density at radius 3 is 2.42 bits per heavy atom. The number of nitrogens with one attached hydrogen (secondary N) is 2. The fourth-order valence-corrected chi connectivity index (χ4v) is 6.10. The molecule has 11 nitrogen and oxygen atoms in total. The smallest absolute Gasteiger partial charge is 0.407 e. The summed E-state index contributed by atoms with van der Waals surface area (Å²) in [6.45, 7) is -0.161. The molecule has 0 bridgehead atoms. The van der Waals surface area contributed by atoms with E-state index in [1.807, 2.05) is 24.3 Å². The highest BCUT2D eigenvalue weighted by Gasteiger charge is 2.23. The number of carbonyl (C=O) groups excluding carboxylic acids is 2. The van der Waals surface area contributed by atoms with Crippen molar-refractivity contribution in [2.45, 2.75) is 57.2 Å². The van der Waals surface area contributed by atoms with E-state index < -0.39 is 28.1 Å². The van der Waals surface area contributed by atoms with Gasteiger partial charge >= 0.3 is 6.09 Å². The molecule has 3 aromatic rings. The number of aliphatic hydroxyl groups is 2. The molecule has 0 radical (unpaired) electrons. The van der Waals surface area contributed by atoms with E-state index in [1.54, 1.807) is 42.5 Å². The molecule has 0 unspecified atom stereocenters. The Labute approximate surface area is 263 Å². The van der Waals surface area contributed by atoms with E-state index in [1.165, 1.54) is 0 Å². The Bertz CT molecular complexity index is 1540. The average Bonchev–Trinajstić information content (AvgIpc) is 3.03. The van der Waals surface area contributed by atoms with Gasteiger partial charge in [0.2, 0.25) is 10.0 Å². The summed E-state index contributed by atoms with van der Waals surface area (Å²) in [5, 5.41) is 21.9. The Hall–Kier alpha value is -4.13. The van der Waals surface area contributed by atoms with Gasteiger partial charge in [0.25, 0.3) is 5.91 Å². The normalized spacial score (nSPS) is 14.4. The zero-order valence-electron chi connectivity index (χ0n) is 25.1. The molecule has 1 aliphatic rings. The second kappa shape index (κ2) is 16.3. The van der Waals surface area contributed by atoms with Crippen molar-refractivity contribution in [3.8, 4) is 16.9 Å². The minimum absolute atomic E-state index is 0.0261. The highest BCUT2D eigenvalue weighted by Crippen LogP contribution is 2.31. The molecule has 4 rings (SSSR count). The van der Waals surface area contributed by atoms with Crippen molar-refractivity contribution >= 4 is 27.7 Å². The molecule has 0 heterocycles. The first-order valence-electron chi connectivity index (χ1n) is 15.1. The third-order valence-corrected chi connectivity index (χ3v) is 8.85. The molecule has 242 valence electrons. The lowest BCUT2D eigenvalue weighted by Crippen LogP contribution is -2.33. The largest absolute Gasteiger partial charge is 0.490 e. The molecule has 2 amide bonds. The summed E-state index contributed by atoms with van der Waals surface area (Å²) in [6, 6.07) is 19.5. The zero-order chi connectivity index (χ0) is 32.2. The van der Waals surface area contributed by atoms with E-state index >= 15 is 0 Å². The summed E-state index contributed by atoms with van der Waals surface area (Å²) in [6.07, 6.45) is 3.81. The number of aliphatic hydroxyl groups excluding tert-OH is 2. The number of ether oxygens (including phenoxy) is 2. The molecule has 12 heteroatoms. The first kappa shape index (κ1) is 33.8. The summed E-state index contributed by atoms with van der Waals surface area (Å²) in [5.41, 5.74) is 9.58. The maximum atomic E-state index is 13.0. The van der Waals surface area contributed by atoms with Gasteiger partial charge in [-0.15, -0.1) is 0 Å². The van der Waals surface area contributed by atoms with Gasteiger partial charge in [-0.2, -0.15) is 0 Å². The molecule has 0 saturated heterocycles. The Balaban J connectivity index is 1.36. The second-order valence-electron chi connectivity index (χ2n) is 11.1. The SMILES string of the molecule is Nc1cccc([C@@H](O)COC(=O)NCCc2ccc(-c3ccc(C(=O)NS(=O)(=O)CCCO)c(OC4CCCCC4)c3)cc2)c1. The van der Waals surface area contributed by atoms with Gasteiger partial charge < -0.3 is 30.7 Å². The summed E-state index contributed by atoms with van der Waals surface area (Å²) in [7, 11) is -3.91. The van der Waals surface area contributed by atoms with Crippen LogP contribution in [0.5, 0.6) is 5.75 Å². The summed E-state index contributed by atoms with van der Waals surface area (Å²) >= 11 is 0. The van der Waals surface area contributed by atoms with E-state index in [0.717, 1.165) is 48.8 Å². The molecular formula is C33H41N3O8S. The number of alkyl carbamates (subject to hydrolysis) is 1. The Morgan fingerprint density at radius 2 is 1.71 bits per heavy atom. The van der Waals surface area contributed by atoms with Crippen LogP contribution in [-0.4, -0.2) is 62.2 Å². The van der Waals surface area contributed by atoms with Gasteiger partial charge in [0.15, 0.2) is 0 Å². The first-order valence-corrected chi connectivity index (χ1v) is 16.8. The van der Waals surface area contributed by atoms with Crippen LogP contribution < -0.4 is 20.5 Å². The van der Waals surface area contributed by atoms with Crippen molar-refractivity contribution in [2.75, 3.05) is 31.2 Å². The number of hydrogen-bond donors (Lipinski definition) is 5. The second-order valence-corrected chi connectivity index (χ2v) is 12.9. The zero-order valence-corrected chi connectivity index (χ0v) is 25.9. The fourth-order valence-electron chi connectivity index (χ4n) is 5.09. The number of sulfonamides is 1. The van der Waals surface area contributed by atoms with Crippen LogP contribution in [0.3, 0.4) is 0 Å². The maximum absolute atomic E-state index is 13.0. The van der Waals surface area contributed by atoms with E-state index in [2.05, 4.69) is 10.0 Å². The van der Waals surface area contributed by atoms with Crippen LogP contribution in [-0.2, 0) is 21.2 Å². The molecule has 1 aliphatic carbocycles. The quantitative estimate of drug-likeness (QED) is 0.163.